The molecule has 1 atom stereocenters. The van der Waals surface area contributed by atoms with Crippen molar-refractivity contribution in [2.75, 3.05) is 7.11 Å². The van der Waals surface area contributed by atoms with E-state index in [0.717, 1.165) is 11.3 Å². The van der Waals surface area contributed by atoms with Crippen LogP contribution in [0.15, 0.2) is 69.6 Å². The number of nitro benzene ring substituents is 1. The molecule has 3 aromatic rings. The molecule has 4 rings (SSSR count). The molecule has 0 saturated heterocycles. The van der Waals surface area contributed by atoms with Gasteiger partial charge >= 0.3 is 5.97 Å². The molecule has 0 fully saturated rings. The van der Waals surface area contributed by atoms with E-state index in [9.17, 15) is 19.7 Å². The number of allylic oxidation sites excluding steroid dienone is 1. The second-order valence-corrected chi connectivity index (χ2v) is 8.36. The molecule has 0 saturated carbocycles. The maximum atomic E-state index is 13.4. The molecule has 1 unspecified atom stereocenters. The number of nitrogens with zero attached hydrogens (tertiary/aromatic N) is 3. The lowest BCUT2D eigenvalue weighted by molar-refractivity contribution is -0.384. The summed E-state index contributed by atoms with van der Waals surface area (Å²) >= 11 is 7.60. The van der Waals surface area contributed by atoms with E-state index >= 15 is 0 Å². The molecule has 1 aromatic heterocycles. The number of benzene rings is 2. The van der Waals surface area contributed by atoms with Gasteiger partial charge in [-0.2, -0.15) is 0 Å². The summed E-state index contributed by atoms with van der Waals surface area (Å²) in [5, 5.41) is 11.3. The molecule has 0 amide bonds. The molecule has 1 aliphatic rings. The highest BCUT2D eigenvalue weighted by Crippen LogP contribution is 2.34. The van der Waals surface area contributed by atoms with Crippen molar-refractivity contribution in [1.29, 1.82) is 0 Å². The summed E-state index contributed by atoms with van der Waals surface area (Å²) < 4.78 is 6.77. The van der Waals surface area contributed by atoms with Crippen molar-refractivity contribution in [3.05, 3.63) is 106 Å². The fraction of sp³-hybridized carbons (Fsp3) is 0.136. The van der Waals surface area contributed by atoms with E-state index in [1.54, 1.807) is 49.4 Å². The zero-order valence-corrected chi connectivity index (χ0v) is 18.5. The Morgan fingerprint density at radius 2 is 1.94 bits per heavy atom. The van der Waals surface area contributed by atoms with Crippen LogP contribution in [-0.2, 0) is 9.53 Å². The lowest BCUT2D eigenvalue weighted by Gasteiger charge is -2.25. The second-order valence-electron chi connectivity index (χ2n) is 6.94. The normalized spacial score (nSPS) is 15.8. The quantitative estimate of drug-likeness (QED) is 0.332. The number of hydrogen-bond acceptors (Lipinski definition) is 7. The lowest BCUT2D eigenvalue weighted by Crippen LogP contribution is -2.39. The summed E-state index contributed by atoms with van der Waals surface area (Å²) in [4.78, 5) is 41.3. The van der Waals surface area contributed by atoms with Crippen molar-refractivity contribution in [2.24, 2.45) is 4.99 Å². The fourth-order valence-corrected chi connectivity index (χ4v) is 4.81. The molecule has 10 heteroatoms. The Kier molecular flexibility index (Phi) is 5.77. The Hall–Kier alpha value is -3.56. The average molecular weight is 470 g/mol. The Labute approximate surface area is 190 Å². The van der Waals surface area contributed by atoms with Gasteiger partial charge in [-0.3, -0.25) is 19.5 Å². The van der Waals surface area contributed by atoms with Gasteiger partial charge in [0.1, 0.15) is 6.04 Å². The number of aromatic nitrogens is 1. The molecule has 162 valence electrons. The summed E-state index contributed by atoms with van der Waals surface area (Å²) in [6, 6.07) is 12.0. The molecule has 1 aliphatic heterocycles. The zero-order chi connectivity index (χ0) is 23.0. The Morgan fingerprint density at radius 3 is 2.56 bits per heavy atom. The van der Waals surface area contributed by atoms with E-state index in [1.165, 1.54) is 23.8 Å². The average Bonchev–Trinajstić information content (AvgIpc) is 3.07. The first-order chi connectivity index (χ1) is 15.3. The van der Waals surface area contributed by atoms with Crippen LogP contribution in [0.25, 0.3) is 6.08 Å². The third-order valence-corrected chi connectivity index (χ3v) is 6.36. The summed E-state index contributed by atoms with van der Waals surface area (Å²) in [6.07, 6.45) is 1.63. The standard InChI is InChI=1S/C22H16ClN3O5S/c1-12-18(21(28)31-2)19(15-5-3-4-6-16(15)23)25-20(27)17(32-22(25)24-12)11-13-7-9-14(10-8-13)26(29)30/h3-11,19H,1-2H3. The van der Waals surface area contributed by atoms with Gasteiger partial charge in [-0.25, -0.2) is 9.79 Å². The van der Waals surface area contributed by atoms with Gasteiger partial charge in [0.15, 0.2) is 4.80 Å². The zero-order valence-electron chi connectivity index (χ0n) is 16.9. The molecule has 32 heavy (non-hydrogen) atoms. The number of fused-ring (bicyclic) bond motifs is 1. The van der Waals surface area contributed by atoms with Crippen LogP contribution in [-0.4, -0.2) is 22.6 Å². The van der Waals surface area contributed by atoms with Crippen LogP contribution in [0.1, 0.15) is 24.1 Å². The molecule has 0 aliphatic carbocycles. The van der Waals surface area contributed by atoms with E-state index in [1.807, 2.05) is 0 Å². The van der Waals surface area contributed by atoms with Crippen LogP contribution < -0.4 is 14.9 Å². The van der Waals surface area contributed by atoms with Crippen molar-refractivity contribution in [3.8, 4) is 0 Å². The van der Waals surface area contributed by atoms with Crippen LogP contribution >= 0.6 is 22.9 Å². The number of methoxy groups -OCH3 is 1. The summed E-state index contributed by atoms with van der Waals surface area (Å²) in [5.41, 5.74) is 1.47. The van der Waals surface area contributed by atoms with Gasteiger partial charge in [0.25, 0.3) is 11.2 Å². The highest BCUT2D eigenvalue weighted by atomic mass is 35.5. The fourth-order valence-electron chi connectivity index (χ4n) is 3.53. The number of esters is 1. The third kappa shape index (κ3) is 3.76. The topological polar surface area (TPSA) is 104 Å². The van der Waals surface area contributed by atoms with Crippen LogP contribution in [0.3, 0.4) is 0 Å². The van der Waals surface area contributed by atoms with Crippen molar-refractivity contribution < 1.29 is 14.5 Å². The van der Waals surface area contributed by atoms with E-state index in [4.69, 9.17) is 16.3 Å². The van der Waals surface area contributed by atoms with E-state index in [-0.39, 0.29) is 16.8 Å². The molecular formula is C22H16ClN3O5S. The third-order valence-electron chi connectivity index (χ3n) is 5.03. The first kappa shape index (κ1) is 21.7. The van der Waals surface area contributed by atoms with Gasteiger partial charge < -0.3 is 4.74 Å². The molecule has 0 spiro atoms. The number of ether oxygens (including phenoxy) is 1. The maximum absolute atomic E-state index is 13.4. The minimum atomic E-state index is -0.800. The smallest absolute Gasteiger partial charge is 0.338 e. The van der Waals surface area contributed by atoms with Crippen molar-refractivity contribution >= 4 is 40.7 Å². The van der Waals surface area contributed by atoms with Gasteiger partial charge in [0.05, 0.1) is 27.8 Å². The first-order valence-electron chi connectivity index (χ1n) is 9.41. The molecule has 0 bridgehead atoms. The van der Waals surface area contributed by atoms with E-state index in [2.05, 4.69) is 4.99 Å². The molecule has 2 aromatic carbocycles. The summed E-state index contributed by atoms with van der Waals surface area (Å²) in [6.45, 7) is 1.68. The van der Waals surface area contributed by atoms with Crippen LogP contribution in [0.5, 0.6) is 0 Å². The maximum Gasteiger partial charge on any atom is 0.338 e. The number of halogens is 1. The predicted octanol–water partition coefficient (Wildman–Crippen LogP) is 2.97. The van der Waals surface area contributed by atoms with Crippen LogP contribution in [0.4, 0.5) is 5.69 Å². The van der Waals surface area contributed by atoms with Crippen LogP contribution in [0.2, 0.25) is 5.02 Å². The SMILES string of the molecule is COC(=O)C1=C(C)N=c2sc(=Cc3ccc([N+](=O)[O-])cc3)c(=O)n2C1c1ccccc1Cl. The van der Waals surface area contributed by atoms with Gasteiger partial charge in [-0.05, 0) is 42.3 Å². The molecular weight excluding hydrogens is 454 g/mol. The molecule has 0 radical (unpaired) electrons. The number of thiazole rings is 1. The lowest BCUT2D eigenvalue weighted by atomic mass is 9.96. The Balaban J connectivity index is 1.94. The van der Waals surface area contributed by atoms with Crippen LogP contribution in [0, 0.1) is 10.1 Å². The minimum Gasteiger partial charge on any atom is -0.466 e. The van der Waals surface area contributed by atoms with Gasteiger partial charge in [0, 0.05) is 17.2 Å². The van der Waals surface area contributed by atoms with Crippen molar-refractivity contribution in [2.45, 2.75) is 13.0 Å². The summed E-state index contributed by atoms with van der Waals surface area (Å²) in [7, 11) is 1.27. The monoisotopic (exact) mass is 469 g/mol. The summed E-state index contributed by atoms with van der Waals surface area (Å²) in [5.74, 6) is -0.596. The number of nitro groups is 1. The number of carbonyl (C=O) groups excluding carboxylic acids is 1. The van der Waals surface area contributed by atoms with Gasteiger partial charge in [0.2, 0.25) is 0 Å². The number of rotatable bonds is 4. The van der Waals surface area contributed by atoms with Crippen molar-refractivity contribution in [1.82, 2.24) is 4.57 Å². The first-order valence-corrected chi connectivity index (χ1v) is 10.6. The van der Waals surface area contributed by atoms with E-state index < -0.39 is 16.9 Å². The second kappa shape index (κ2) is 8.52. The minimum absolute atomic E-state index is 0.0410. The van der Waals surface area contributed by atoms with Crippen molar-refractivity contribution in [3.63, 3.8) is 0 Å². The molecule has 8 nitrogen and oxygen atoms in total. The van der Waals surface area contributed by atoms with E-state index in [0.29, 0.717) is 31.2 Å². The highest BCUT2D eigenvalue weighted by Gasteiger charge is 2.34. The Morgan fingerprint density at radius 1 is 1.25 bits per heavy atom. The Bertz CT molecular complexity index is 1450. The highest BCUT2D eigenvalue weighted by molar-refractivity contribution is 7.07. The number of hydrogen-bond donors (Lipinski definition) is 0. The largest absolute Gasteiger partial charge is 0.466 e. The molecule has 2 heterocycles. The number of non-ortho nitro benzene ring substituents is 1. The number of carbonyl (C=O) groups is 1. The predicted molar refractivity (Wildman–Crippen MR) is 120 cm³/mol. The van der Waals surface area contributed by atoms with Gasteiger partial charge in [-0.15, -0.1) is 0 Å². The van der Waals surface area contributed by atoms with Gasteiger partial charge in [-0.1, -0.05) is 41.1 Å². The molecule has 0 N–H and O–H groups in total.